The van der Waals surface area contributed by atoms with Gasteiger partial charge in [-0.3, -0.25) is 9.48 Å². The number of carbonyl (C=O) groups excluding carboxylic acids is 1. The summed E-state index contributed by atoms with van der Waals surface area (Å²) in [6, 6.07) is 0.138. The van der Waals surface area contributed by atoms with Gasteiger partial charge in [0.05, 0.1) is 5.69 Å². The molecule has 17 heavy (non-hydrogen) atoms. The zero-order valence-corrected chi connectivity index (χ0v) is 11.0. The number of rotatable bonds is 5. The van der Waals surface area contributed by atoms with Crippen LogP contribution in [0.2, 0.25) is 0 Å². The lowest BCUT2D eigenvalue weighted by atomic mass is 9.95. The van der Waals surface area contributed by atoms with E-state index in [1.54, 1.807) is 17.9 Å². The summed E-state index contributed by atoms with van der Waals surface area (Å²) in [5.74, 6) is 0.298. The number of hydrogen-bond acceptors (Lipinski definition) is 3. The summed E-state index contributed by atoms with van der Waals surface area (Å²) >= 11 is 0. The molecule has 0 saturated heterocycles. The largest absolute Gasteiger partial charge is 0.396 e. The molecule has 0 aliphatic heterocycles. The Hall–Kier alpha value is -1.52. The fourth-order valence-corrected chi connectivity index (χ4v) is 2.07. The second kappa shape index (κ2) is 5.70. The van der Waals surface area contributed by atoms with Crippen LogP contribution in [0.25, 0.3) is 0 Å². The summed E-state index contributed by atoms with van der Waals surface area (Å²) < 4.78 is 1.55. The molecule has 0 aliphatic carbocycles. The summed E-state index contributed by atoms with van der Waals surface area (Å²) in [4.78, 5) is 12.0. The SMILES string of the molecule is CCC(CC)C(C)NC(=O)c1nn(C)cc1N. The highest BCUT2D eigenvalue weighted by Crippen LogP contribution is 2.14. The average Bonchev–Trinajstić information content (AvgIpc) is 2.59. The van der Waals surface area contributed by atoms with Crippen LogP contribution in [0.15, 0.2) is 6.20 Å². The number of nitrogens with two attached hydrogens (primary N) is 1. The van der Waals surface area contributed by atoms with Gasteiger partial charge in [-0.15, -0.1) is 0 Å². The number of amides is 1. The second-order valence-electron chi connectivity index (χ2n) is 4.45. The molecule has 1 aromatic rings. The topological polar surface area (TPSA) is 72.9 Å². The second-order valence-corrected chi connectivity index (χ2v) is 4.45. The van der Waals surface area contributed by atoms with Crippen molar-refractivity contribution in [2.75, 3.05) is 5.73 Å². The lowest BCUT2D eigenvalue weighted by Crippen LogP contribution is -2.38. The molecule has 0 spiro atoms. The van der Waals surface area contributed by atoms with E-state index in [1.165, 1.54) is 0 Å². The van der Waals surface area contributed by atoms with Crippen LogP contribution >= 0.6 is 0 Å². The quantitative estimate of drug-likeness (QED) is 0.817. The highest BCUT2D eigenvalue weighted by molar-refractivity contribution is 5.97. The third-order valence-corrected chi connectivity index (χ3v) is 3.19. The van der Waals surface area contributed by atoms with Gasteiger partial charge < -0.3 is 11.1 Å². The first-order valence-corrected chi connectivity index (χ1v) is 6.09. The molecule has 1 amide bonds. The van der Waals surface area contributed by atoms with Crippen LogP contribution in [0, 0.1) is 5.92 Å². The first-order valence-electron chi connectivity index (χ1n) is 6.09. The van der Waals surface area contributed by atoms with Gasteiger partial charge in [-0.05, 0) is 12.8 Å². The van der Waals surface area contributed by atoms with Gasteiger partial charge in [-0.2, -0.15) is 5.10 Å². The fourth-order valence-electron chi connectivity index (χ4n) is 2.07. The average molecular weight is 238 g/mol. The molecule has 1 atom stereocenters. The Bertz CT molecular complexity index is 382. The normalized spacial score (nSPS) is 12.8. The lowest BCUT2D eigenvalue weighted by Gasteiger charge is -2.22. The van der Waals surface area contributed by atoms with Crippen molar-refractivity contribution in [1.82, 2.24) is 15.1 Å². The molecule has 1 rings (SSSR count). The van der Waals surface area contributed by atoms with Crippen molar-refractivity contribution in [3.05, 3.63) is 11.9 Å². The number of nitrogens with one attached hydrogen (secondary N) is 1. The molecule has 0 fully saturated rings. The molecule has 0 bridgehead atoms. The molecule has 96 valence electrons. The van der Waals surface area contributed by atoms with E-state index in [1.807, 2.05) is 6.92 Å². The number of carbonyl (C=O) groups is 1. The Kier molecular flexibility index (Phi) is 4.54. The molecule has 0 radical (unpaired) electrons. The van der Waals surface area contributed by atoms with Crippen molar-refractivity contribution in [3.8, 4) is 0 Å². The Morgan fingerprint density at radius 3 is 2.53 bits per heavy atom. The standard InChI is InChI=1S/C12H22N4O/c1-5-9(6-2)8(3)14-12(17)11-10(13)7-16(4)15-11/h7-9H,5-6,13H2,1-4H3,(H,14,17). The highest BCUT2D eigenvalue weighted by atomic mass is 16.2. The Morgan fingerprint density at radius 2 is 2.12 bits per heavy atom. The molecule has 5 heteroatoms. The smallest absolute Gasteiger partial charge is 0.274 e. The van der Waals surface area contributed by atoms with Crippen molar-refractivity contribution in [3.63, 3.8) is 0 Å². The maximum Gasteiger partial charge on any atom is 0.274 e. The maximum atomic E-state index is 12.0. The van der Waals surface area contributed by atoms with Gasteiger partial charge in [0.15, 0.2) is 5.69 Å². The fraction of sp³-hybridized carbons (Fsp3) is 0.667. The summed E-state index contributed by atoms with van der Waals surface area (Å²) in [6.45, 7) is 6.28. The van der Waals surface area contributed by atoms with Crippen LogP contribution in [-0.4, -0.2) is 21.7 Å². The van der Waals surface area contributed by atoms with E-state index in [4.69, 9.17) is 5.73 Å². The molecule has 1 unspecified atom stereocenters. The van der Waals surface area contributed by atoms with Gasteiger partial charge in [0, 0.05) is 19.3 Å². The van der Waals surface area contributed by atoms with E-state index < -0.39 is 0 Å². The molecule has 3 N–H and O–H groups in total. The van der Waals surface area contributed by atoms with Gasteiger partial charge in [-0.1, -0.05) is 26.7 Å². The number of anilines is 1. The van der Waals surface area contributed by atoms with Gasteiger partial charge in [-0.25, -0.2) is 0 Å². The third-order valence-electron chi connectivity index (χ3n) is 3.19. The van der Waals surface area contributed by atoms with Crippen LogP contribution in [0.4, 0.5) is 5.69 Å². The van der Waals surface area contributed by atoms with E-state index >= 15 is 0 Å². The minimum absolute atomic E-state index is 0.138. The molecule has 1 aromatic heterocycles. The maximum absolute atomic E-state index is 12.0. The Balaban J connectivity index is 2.69. The Morgan fingerprint density at radius 1 is 1.53 bits per heavy atom. The van der Waals surface area contributed by atoms with E-state index in [-0.39, 0.29) is 11.9 Å². The van der Waals surface area contributed by atoms with Crippen molar-refractivity contribution in [2.45, 2.75) is 39.7 Å². The predicted octanol–water partition coefficient (Wildman–Crippen LogP) is 1.56. The number of aryl methyl sites for hydroxylation is 1. The van der Waals surface area contributed by atoms with Crippen LogP contribution in [0.5, 0.6) is 0 Å². The van der Waals surface area contributed by atoms with Crippen LogP contribution in [0.3, 0.4) is 0 Å². The van der Waals surface area contributed by atoms with E-state index in [0.29, 0.717) is 17.3 Å². The molecule has 0 aliphatic rings. The number of hydrogen-bond donors (Lipinski definition) is 2. The summed E-state index contributed by atoms with van der Waals surface area (Å²) in [7, 11) is 1.75. The van der Waals surface area contributed by atoms with Crippen molar-refractivity contribution in [1.29, 1.82) is 0 Å². The molecule has 0 saturated carbocycles. The molecule has 1 heterocycles. The monoisotopic (exact) mass is 238 g/mol. The van der Waals surface area contributed by atoms with Crippen molar-refractivity contribution in [2.24, 2.45) is 13.0 Å². The van der Waals surface area contributed by atoms with Gasteiger partial charge >= 0.3 is 0 Å². The van der Waals surface area contributed by atoms with Gasteiger partial charge in [0.2, 0.25) is 0 Å². The third kappa shape index (κ3) is 3.22. The first-order chi connectivity index (χ1) is 7.99. The summed E-state index contributed by atoms with van der Waals surface area (Å²) in [5, 5.41) is 7.01. The van der Waals surface area contributed by atoms with Crippen LogP contribution in [0.1, 0.15) is 44.1 Å². The van der Waals surface area contributed by atoms with Crippen molar-refractivity contribution >= 4 is 11.6 Å². The van der Waals surface area contributed by atoms with Gasteiger partial charge in [0.25, 0.3) is 5.91 Å². The van der Waals surface area contributed by atoms with Gasteiger partial charge in [0.1, 0.15) is 0 Å². The van der Waals surface area contributed by atoms with E-state index in [9.17, 15) is 4.79 Å². The highest BCUT2D eigenvalue weighted by Gasteiger charge is 2.19. The summed E-state index contributed by atoms with van der Waals surface area (Å²) in [6.07, 6.45) is 3.74. The first kappa shape index (κ1) is 13.5. The zero-order valence-electron chi connectivity index (χ0n) is 11.0. The number of aromatic nitrogens is 2. The minimum Gasteiger partial charge on any atom is -0.396 e. The predicted molar refractivity (Wildman–Crippen MR) is 68.6 cm³/mol. The zero-order chi connectivity index (χ0) is 13.0. The summed E-state index contributed by atoms with van der Waals surface area (Å²) in [5.41, 5.74) is 6.44. The molecule has 0 aromatic carbocycles. The lowest BCUT2D eigenvalue weighted by molar-refractivity contribution is 0.0920. The molecular formula is C12H22N4O. The molecular weight excluding hydrogens is 216 g/mol. The number of nitrogen functional groups attached to an aromatic ring is 1. The van der Waals surface area contributed by atoms with Crippen LogP contribution < -0.4 is 11.1 Å². The molecule has 5 nitrogen and oxygen atoms in total. The van der Waals surface area contributed by atoms with E-state index in [0.717, 1.165) is 12.8 Å². The minimum atomic E-state index is -0.192. The number of nitrogens with zero attached hydrogens (tertiary/aromatic N) is 2. The van der Waals surface area contributed by atoms with Crippen LogP contribution in [-0.2, 0) is 7.05 Å². The Labute approximate surface area is 102 Å². The van der Waals surface area contributed by atoms with Crippen molar-refractivity contribution < 1.29 is 4.79 Å². The van der Waals surface area contributed by atoms with E-state index in [2.05, 4.69) is 24.3 Å².